The number of rotatable bonds is 4. The van der Waals surface area contributed by atoms with Crippen LogP contribution in [-0.4, -0.2) is 59.4 Å². The van der Waals surface area contributed by atoms with Crippen LogP contribution >= 0.6 is 0 Å². The van der Waals surface area contributed by atoms with Crippen LogP contribution in [0.4, 0.5) is 18.0 Å². The molecule has 188 valence electrons. The van der Waals surface area contributed by atoms with E-state index in [1.165, 1.54) is 6.26 Å². The summed E-state index contributed by atoms with van der Waals surface area (Å²) in [5.41, 5.74) is 0.428. The average Bonchev–Trinajstić information content (AvgIpc) is 3.03. The van der Waals surface area contributed by atoms with Crippen LogP contribution in [0.15, 0.2) is 42.2 Å². The third kappa shape index (κ3) is 6.41. The zero-order valence-electron chi connectivity index (χ0n) is 19.6. The first-order valence-electron chi connectivity index (χ1n) is 10.7. The topological polar surface area (TPSA) is 86.3 Å². The van der Waals surface area contributed by atoms with Gasteiger partial charge in [0.2, 0.25) is 0 Å². The lowest BCUT2D eigenvalue weighted by atomic mass is 9.97. The summed E-state index contributed by atoms with van der Waals surface area (Å²) in [7, 11) is 0. The van der Waals surface area contributed by atoms with E-state index in [1.54, 1.807) is 34.6 Å². The molecule has 0 spiro atoms. The number of amides is 2. The molecule has 0 aliphatic carbocycles. The highest BCUT2D eigenvalue weighted by molar-refractivity contribution is 5.82. The van der Waals surface area contributed by atoms with Crippen LogP contribution < -0.4 is 5.32 Å². The molecular formula is C23H29F3N2O6. The molecule has 1 aromatic carbocycles. The van der Waals surface area contributed by atoms with E-state index < -0.39 is 47.9 Å². The number of benzene rings is 1. The molecule has 8 nitrogen and oxygen atoms in total. The highest BCUT2D eigenvalue weighted by Crippen LogP contribution is 2.39. The first-order chi connectivity index (χ1) is 15.7. The molecule has 3 atom stereocenters. The smallest absolute Gasteiger partial charge is 0.471 e. The monoisotopic (exact) mass is 486 g/mol. The van der Waals surface area contributed by atoms with Gasteiger partial charge >= 0.3 is 18.2 Å². The molecule has 3 rings (SSSR count). The fourth-order valence-electron chi connectivity index (χ4n) is 3.67. The van der Waals surface area contributed by atoms with Crippen molar-refractivity contribution in [1.29, 1.82) is 0 Å². The molecule has 1 N–H and O–H groups in total. The number of fused-ring (bicyclic) bond motifs is 1. The second-order valence-corrected chi connectivity index (χ2v) is 9.53. The fraction of sp³-hybridized carbons (Fsp3) is 0.565. The van der Waals surface area contributed by atoms with Gasteiger partial charge in [-0.15, -0.1) is 0 Å². The molecule has 1 aromatic rings. The summed E-state index contributed by atoms with van der Waals surface area (Å²) in [6.07, 6.45) is -8.13. The van der Waals surface area contributed by atoms with Gasteiger partial charge in [0.15, 0.2) is 5.79 Å². The number of hydrogen-bond acceptors (Lipinski definition) is 6. The number of alkyl halides is 3. The van der Waals surface area contributed by atoms with Crippen molar-refractivity contribution in [1.82, 2.24) is 10.2 Å². The number of piperidine rings is 1. The Labute approximate surface area is 196 Å². The minimum Gasteiger partial charge on any atom is -0.496 e. The molecule has 0 radical (unpaired) electrons. The second-order valence-electron chi connectivity index (χ2n) is 9.53. The Kier molecular flexibility index (Phi) is 7.18. The van der Waals surface area contributed by atoms with Crippen LogP contribution in [0.25, 0.3) is 0 Å². The van der Waals surface area contributed by atoms with Gasteiger partial charge in [0.05, 0.1) is 12.8 Å². The van der Waals surface area contributed by atoms with Crippen molar-refractivity contribution in [2.75, 3.05) is 6.54 Å². The van der Waals surface area contributed by atoms with Gasteiger partial charge in [0.1, 0.15) is 30.6 Å². The largest absolute Gasteiger partial charge is 0.496 e. The van der Waals surface area contributed by atoms with E-state index in [9.17, 15) is 22.8 Å². The van der Waals surface area contributed by atoms with Gasteiger partial charge in [-0.25, -0.2) is 4.79 Å². The number of nitrogens with zero attached hydrogens (tertiary/aromatic N) is 1. The Bertz CT molecular complexity index is 927. The molecule has 2 heterocycles. The second kappa shape index (κ2) is 9.46. The number of hydrogen-bond donors (Lipinski definition) is 1. The van der Waals surface area contributed by atoms with Gasteiger partial charge in [0, 0.05) is 5.57 Å². The van der Waals surface area contributed by atoms with Gasteiger partial charge < -0.3 is 24.3 Å². The van der Waals surface area contributed by atoms with E-state index in [-0.39, 0.29) is 13.2 Å². The van der Waals surface area contributed by atoms with Crippen molar-refractivity contribution in [3.05, 3.63) is 47.7 Å². The lowest BCUT2D eigenvalue weighted by molar-refractivity contribution is -0.179. The molecule has 2 aliphatic heterocycles. The van der Waals surface area contributed by atoms with Crippen LogP contribution in [0.2, 0.25) is 0 Å². The van der Waals surface area contributed by atoms with Gasteiger partial charge in [0.25, 0.3) is 0 Å². The first kappa shape index (κ1) is 25.8. The summed E-state index contributed by atoms with van der Waals surface area (Å²) in [4.78, 5) is 25.7. The molecule has 11 heteroatoms. The van der Waals surface area contributed by atoms with Crippen molar-refractivity contribution in [3.63, 3.8) is 0 Å². The van der Waals surface area contributed by atoms with Crippen molar-refractivity contribution >= 4 is 12.0 Å². The highest BCUT2D eigenvalue weighted by Gasteiger charge is 2.55. The molecule has 2 aliphatic rings. The van der Waals surface area contributed by atoms with Crippen LogP contribution in [0, 0.1) is 0 Å². The third-order valence-corrected chi connectivity index (χ3v) is 4.99. The maximum absolute atomic E-state index is 13.1. The molecule has 2 fully saturated rings. The van der Waals surface area contributed by atoms with E-state index in [2.05, 4.69) is 0 Å². The third-order valence-electron chi connectivity index (χ3n) is 4.99. The van der Waals surface area contributed by atoms with Crippen LogP contribution in [0.3, 0.4) is 0 Å². The summed E-state index contributed by atoms with van der Waals surface area (Å²) >= 11 is 0. The lowest BCUT2D eigenvalue weighted by Crippen LogP contribution is -2.65. The maximum atomic E-state index is 13.1. The minimum absolute atomic E-state index is 0.201. The van der Waals surface area contributed by atoms with Crippen molar-refractivity contribution < 1.29 is 41.7 Å². The zero-order valence-corrected chi connectivity index (χ0v) is 19.6. The molecule has 2 saturated heterocycles. The van der Waals surface area contributed by atoms with Crippen LogP contribution in [0.1, 0.15) is 40.2 Å². The maximum Gasteiger partial charge on any atom is 0.471 e. The van der Waals surface area contributed by atoms with Crippen molar-refractivity contribution in [2.24, 2.45) is 0 Å². The predicted octanol–water partition coefficient (Wildman–Crippen LogP) is 3.86. The molecule has 0 saturated carbocycles. The SMILES string of the molecule is CC(C)(C)OC(=O)N1C/C(=C\OCc2ccccc2)[C@@H]2OC(C)(C)O[C@@H]2[C@H]1NC(=O)C(F)(F)F. The van der Waals surface area contributed by atoms with Gasteiger partial charge in [-0.2, -0.15) is 13.2 Å². The summed E-state index contributed by atoms with van der Waals surface area (Å²) in [5, 5.41) is 1.88. The lowest BCUT2D eigenvalue weighted by Gasteiger charge is -2.42. The van der Waals surface area contributed by atoms with Gasteiger partial charge in [-0.3, -0.25) is 9.69 Å². The quantitative estimate of drug-likeness (QED) is 0.651. The van der Waals surface area contributed by atoms with Gasteiger partial charge in [-0.1, -0.05) is 30.3 Å². The minimum atomic E-state index is -5.15. The Morgan fingerprint density at radius 1 is 1.18 bits per heavy atom. The van der Waals surface area contributed by atoms with E-state index in [4.69, 9.17) is 18.9 Å². The molecule has 0 aromatic heterocycles. The first-order valence-corrected chi connectivity index (χ1v) is 10.7. The summed E-state index contributed by atoms with van der Waals surface area (Å²) in [6, 6.07) is 9.33. The molecule has 2 amide bonds. The zero-order chi connectivity index (χ0) is 25.3. The van der Waals surface area contributed by atoms with E-state index in [0.29, 0.717) is 5.57 Å². The fourth-order valence-corrected chi connectivity index (χ4v) is 3.67. The number of carbonyl (C=O) groups excluding carboxylic acids is 2. The molecule has 0 unspecified atom stereocenters. The molecule has 0 bridgehead atoms. The molecule has 34 heavy (non-hydrogen) atoms. The van der Waals surface area contributed by atoms with Crippen LogP contribution in [0.5, 0.6) is 0 Å². The predicted molar refractivity (Wildman–Crippen MR) is 114 cm³/mol. The number of likely N-dealkylation sites (tertiary alicyclic amines) is 1. The average molecular weight is 486 g/mol. The standard InChI is InChI=1S/C23H29F3N2O6/c1-21(2,3)34-20(30)28-11-15(13-31-12-14-9-7-6-8-10-14)16-17(33-22(4,5)32-16)18(28)27-19(29)23(24,25)26/h6-10,13,16-18H,11-12H2,1-5H3,(H,27,29)/b15-13+/t16-,17-,18-/m0/s1. The highest BCUT2D eigenvalue weighted by atomic mass is 19.4. The normalized spacial score (nSPS) is 25.6. The summed E-state index contributed by atoms with van der Waals surface area (Å²) < 4.78 is 62.0. The van der Waals surface area contributed by atoms with Crippen molar-refractivity contribution in [2.45, 2.75) is 77.2 Å². The van der Waals surface area contributed by atoms with Crippen LogP contribution in [-0.2, 0) is 30.3 Å². The summed E-state index contributed by atoms with van der Waals surface area (Å²) in [5.74, 6) is -3.38. The number of nitrogens with one attached hydrogen (secondary N) is 1. The number of ether oxygens (including phenoxy) is 4. The van der Waals surface area contributed by atoms with E-state index in [1.807, 2.05) is 35.6 Å². The Morgan fingerprint density at radius 2 is 1.82 bits per heavy atom. The van der Waals surface area contributed by atoms with Crippen molar-refractivity contribution in [3.8, 4) is 0 Å². The Hall–Kier alpha value is -2.79. The van der Waals surface area contributed by atoms with E-state index in [0.717, 1.165) is 10.5 Å². The number of halogens is 3. The Balaban J connectivity index is 1.91. The summed E-state index contributed by atoms with van der Waals surface area (Å²) in [6.45, 7) is 8.08. The molecular weight excluding hydrogens is 457 g/mol. The van der Waals surface area contributed by atoms with E-state index >= 15 is 0 Å². The Morgan fingerprint density at radius 3 is 2.41 bits per heavy atom. The number of carbonyl (C=O) groups is 2. The van der Waals surface area contributed by atoms with Gasteiger partial charge in [-0.05, 0) is 40.2 Å².